The first-order chi connectivity index (χ1) is 13.6. The minimum absolute atomic E-state index is 0.0301. The average molecular weight is 395 g/mol. The molecule has 28 heavy (non-hydrogen) atoms. The number of aromatic nitrogens is 1. The van der Waals surface area contributed by atoms with E-state index in [4.69, 9.17) is 15.7 Å². The normalized spacial score (nSPS) is 12.7. The van der Waals surface area contributed by atoms with Crippen LogP contribution in [0.3, 0.4) is 0 Å². The predicted molar refractivity (Wildman–Crippen MR) is 102 cm³/mol. The molecule has 142 valence electrons. The Morgan fingerprint density at radius 1 is 1.29 bits per heavy atom. The molecular weight excluding hydrogens is 378 g/mol. The number of rotatable bonds is 7. The molecule has 0 spiro atoms. The maximum atomic E-state index is 11.3. The molecule has 0 atom stereocenters. The van der Waals surface area contributed by atoms with Gasteiger partial charge in [0.1, 0.15) is 34.3 Å². The van der Waals surface area contributed by atoms with E-state index in [1.807, 2.05) is 6.07 Å². The lowest BCUT2D eigenvalue weighted by Gasteiger charge is -2.13. The summed E-state index contributed by atoms with van der Waals surface area (Å²) in [6.45, 7) is 0.683. The van der Waals surface area contributed by atoms with Gasteiger partial charge in [-0.05, 0) is 36.5 Å². The van der Waals surface area contributed by atoms with Crippen molar-refractivity contribution < 1.29 is 14.7 Å². The number of hydrogen-bond donors (Lipinski definition) is 3. The van der Waals surface area contributed by atoms with Crippen LogP contribution >= 0.6 is 11.8 Å². The van der Waals surface area contributed by atoms with Crippen LogP contribution in [0.4, 0.5) is 5.82 Å². The van der Waals surface area contributed by atoms with Gasteiger partial charge in [-0.2, -0.15) is 10.5 Å². The molecule has 1 amide bonds. The molecule has 3 rings (SSSR count). The van der Waals surface area contributed by atoms with Gasteiger partial charge in [-0.3, -0.25) is 10.0 Å². The maximum Gasteiger partial charge on any atom is 0.253 e. The smallest absolute Gasteiger partial charge is 0.253 e. The zero-order valence-corrected chi connectivity index (χ0v) is 15.6. The largest absolute Gasteiger partial charge is 0.493 e. The molecule has 0 bridgehead atoms. The van der Waals surface area contributed by atoms with Gasteiger partial charge >= 0.3 is 0 Å². The third-order valence-electron chi connectivity index (χ3n) is 4.21. The zero-order chi connectivity index (χ0) is 20.1. The van der Waals surface area contributed by atoms with Gasteiger partial charge in [0, 0.05) is 5.56 Å². The fraction of sp³-hybridized carbons (Fsp3) is 0.263. The summed E-state index contributed by atoms with van der Waals surface area (Å²) in [5.41, 5.74) is 8.66. The van der Waals surface area contributed by atoms with E-state index in [0.717, 1.165) is 11.8 Å². The van der Waals surface area contributed by atoms with Gasteiger partial charge in [-0.15, -0.1) is 0 Å². The summed E-state index contributed by atoms with van der Waals surface area (Å²) in [5.74, 6) is 0.515. The van der Waals surface area contributed by atoms with Crippen LogP contribution in [0.2, 0.25) is 0 Å². The highest BCUT2D eigenvalue weighted by Gasteiger charge is 2.23. The molecule has 1 aromatic carbocycles. The molecule has 0 aliphatic heterocycles. The Kier molecular flexibility index (Phi) is 5.99. The topological polar surface area (TPSA) is 145 Å². The van der Waals surface area contributed by atoms with Crippen molar-refractivity contribution >= 4 is 23.5 Å². The second kappa shape index (κ2) is 8.61. The molecule has 1 saturated carbocycles. The molecule has 0 unspecified atom stereocenters. The monoisotopic (exact) mass is 395 g/mol. The zero-order valence-electron chi connectivity index (χ0n) is 14.8. The molecular formula is C19H17N5O3S. The van der Waals surface area contributed by atoms with E-state index in [-0.39, 0.29) is 27.7 Å². The summed E-state index contributed by atoms with van der Waals surface area (Å²) < 4.78 is 5.72. The maximum absolute atomic E-state index is 11.3. The first-order valence-electron chi connectivity index (χ1n) is 8.50. The number of pyridine rings is 1. The van der Waals surface area contributed by atoms with E-state index >= 15 is 0 Å². The summed E-state index contributed by atoms with van der Waals surface area (Å²) in [6.07, 6.45) is 2.39. The van der Waals surface area contributed by atoms with E-state index in [1.54, 1.807) is 24.3 Å². The molecule has 1 fully saturated rings. The van der Waals surface area contributed by atoms with Gasteiger partial charge in [-0.1, -0.05) is 23.9 Å². The molecule has 8 nitrogen and oxygen atoms in total. The molecule has 1 aliphatic rings. The third kappa shape index (κ3) is 4.34. The van der Waals surface area contributed by atoms with Crippen molar-refractivity contribution in [2.75, 3.05) is 18.1 Å². The Labute approximate surface area is 165 Å². The van der Waals surface area contributed by atoms with E-state index in [0.29, 0.717) is 29.4 Å². The van der Waals surface area contributed by atoms with Gasteiger partial charge in [0.15, 0.2) is 0 Å². The van der Waals surface area contributed by atoms with Crippen LogP contribution in [-0.4, -0.2) is 28.5 Å². The van der Waals surface area contributed by atoms with Crippen molar-refractivity contribution in [3.8, 4) is 29.0 Å². The molecule has 9 heteroatoms. The number of hydrogen-bond acceptors (Lipinski definition) is 8. The number of hydroxylamine groups is 1. The van der Waals surface area contributed by atoms with Gasteiger partial charge in [0.25, 0.3) is 5.91 Å². The fourth-order valence-electron chi connectivity index (χ4n) is 2.57. The van der Waals surface area contributed by atoms with Gasteiger partial charge in [0.2, 0.25) is 0 Å². The number of benzene rings is 1. The fourth-order valence-corrected chi connectivity index (χ4v) is 3.36. The predicted octanol–water partition coefficient (Wildman–Crippen LogP) is 2.46. The van der Waals surface area contributed by atoms with Crippen molar-refractivity contribution in [2.45, 2.75) is 17.9 Å². The van der Waals surface area contributed by atoms with Crippen LogP contribution in [0, 0.1) is 28.6 Å². The van der Waals surface area contributed by atoms with Crippen molar-refractivity contribution in [3.63, 3.8) is 0 Å². The lowest BCUT2D eigenvalue weighted by atomic mass is 9.97. The highest BCUT2D eigenvalue weighted by Crippen LogP contribution is 2.36. The minimum atomic E-state index is -0.641. The Hall–Kier alpha value is -3.27. The highest BCUT2D eigenvalue weighted by atomic mass is 32.2. The lowest BCUT2D eigenvalue weighted by molar-refractivity contribution is -0.126. The number of nitrogens with zero attached hydrogens (tertiary/aromatic N) is 3. The number of nitrogen functional groups attached to an aromatic ring is 1. The van der Waals surface area contributed by atoms with Crippen molar-refractivity contribution in [1.29, 1.82) is 10.5 Å². The molecule has 1 aromatic heterocycles. The number of nitrogens with one attached hydrogen (secondary N) is 1. The van der Waals surface area contributed by atoms with Crippen LogP contribution in [0.25, 0.3) is 11.1 Å². The van der Waals surface area contributed by atoms with Crippen LogP contribution in [-0.2, 0) is 4.79 Å². The van der Waals surface area contributed by atoms with Crippen LogP contribution in [0.15, 0.2) is 29.3 Å². The summed E-state index contributed by atoms with van der Waals surface area (Å²) in [5, 5.41) is 28.1. The Bertz CT molecular complexity index is 975. The lowest BCUT2D eigenvalue weighted by Crippen LogP contribution is -2.20. The number of carbonyl (C=O) groups is 1. The first kappa shape index (κ1) is 19.5. The van der Waals surface area contributed by atoms with E-state index in [1.165, 1.54) is 18.3 Å². The second-order valence-electron chi connectivity index (χ2n) is 6.25. The van der Waals surface area contributed by atoms with Crippen molar-refractivity contribution in [1.82, 2.24) is 10.5 Å². The molecule has 4 N–H and O–H groups in total. The quantitative estimate of drug-likeness (QED) is 0.368. The molecule has 1 heterocycles. The van der Waals surface area contributed by atoms with Crippen LogP contribution < -0.4 is 16.0 Å². The SMILES string of the molecule is N#Cc1c(N)nc(SCC(=O)NO)c(C#N)c1-c1ccc(OCC2CC2)cc1. The van der Waals surface area contributed by atoms with Gasteiger partial charge in [-0.25, -0.2) is 10.5 Å². The molecule has 0 radical (unpaired) electrons. The molecule has 0 saturated heterocycles. The number of amides is 1. The summed E-state index contributed by atoms with van der Waals surface area (Å²) in [7, 11) is 0. The Morgan fingerprint density at radius 3 is 2.54 bits per heavy atom. The van der Waals surface area contributed by atoms with Gasteiger partial charge < -0.3 is 10.5 Å². The molecule has 1 aliphatic carbocycles. The summed E-state index contributed by atoms with van der Waals surface area (Å²) in [4.78, 5) is 15.4. The molecule has 2 aromatic rings. The van der Waals surface area contributed by atoms with E-state index in [2.05, 4.69) is 11.1 Å². The van der Waals surface area contributed by atoms with Crippen LogP contribution in [0.1, 0.15) is 24.0 Å². The Morgan fingerprint density at radius 2 is 1.96 bits per heavy atom. The van der Waals surface area contributed by atoms with E-state index < -0.39 is 5.91 Å². The minimum Gasteiger partial charge on any atom is -0.493 e. The first-order valence-corrected chi connectivity index (χ1v) is 9.48. The summed E-state index contributed by atoms with van der Waals surface area (Å²) >= 11 is 0.948. The number of nitrogens with two attached hydrogens (primary N) is 1. The highest BCUT2D eigenvalue weighted by molar-refractivity contribution is 8.00. The number of nitriles is 2. The van der Waals surface area contributed by atoms with E-state index in [9.17, 15) is 15.3 Å². The number of carbonyl (C=O) groups excluding carboxylic acids is 1. The number of anilines is 1. The number of ether oxygens (including phenoxy) is 1. The van der Waals surface area contributed by atoms with Crippen molar-refractivity contribution in [3.05, 3.63) is 35.4 Å². The summed E-state index contributed by atoms with van der Waals surface area (Å²) in [6, 6.07) is 11.1. The Balaban J connectivity index is 1.97. The van der Waals surface area contributed by atoms with Crippen LogP contribution in [0.5, 0.6) is 5.75 Å². The third-order valence-corrected chi connectivity index (χ3v) is 5.18. The second-order valence-corrected chi connectivity index (χ2v) is 7.22. The van der Waals surface area contributed by atoms with Gasteiger partial charge in [0.05, 0.1) is 17.9 Å². The standard InChI is InChI=1S/C19H17N5O3S/c20-7-14-17(12-3-5-13(6-4-12)27-9-11-1-2-11)15(8-21)19(23-18(14)22)28-10-16(25)24-26/h3-6,11,26H,1-2,9-10H2,(H2,22,23)(H,24,25). The average Bonchev–Trinajstić information content (AvgIpc) is 3.54. The van der Waals surface area contributed by atoms with Crippen molar-refractivity contribution in [2.24, 2.45) is 5.92 Å². The number of thioether (sulfide) groups is 1.